The number of halogens is 2. The highest BCUT2D eigenvalue weighted by Gasteiger charge is 2.18. The predicted octanol–water partition coefficient (Wildman–Crippen LogP) is 4.01. The van der Waals surface area contributed by atoms with Gasteiger partial charge in [-0.25, -0.2) is 4.98 Å². The van der Waals surface area contributed by atoms with E-state index in [1.807, 2.05) is 0 Å². The number of ether oxygens (including phenoxy) is 3. The molecule has 0 aliphatic heterocycles. The minimum Gasteiger partial charge on any atom is -0.495 e. The molecule has 136 valence electrons. The first kappa shape index (κ1) is 18.7. The first-order valence-electron chi connectivity index (χ1n) is 7.32. The molecule has 0 aliphatic carbocycles. The Hall–Kier alpha value is -2.09. The van der Waals surface area contributed by atoms with Crippen LogP contribution in [0, 0.1) is 0 Å². The highest BCUT2D eigenvalue weighted by atomic mass is 35.5. The van der Waals surface area contributed by atoms with Gasteiger partial charge in [0.1, 0.15) is 5.75 Å². The first-order chi connectivity index (χ1) is 12.4. The summed E-state index contributed by atoms with van der Waals surface area (Å²) < 4.78 is 16.9. The molecule has 0 saturated heterocycles. The molecular weight excluding hydrogens is 399 g/mol. The minimum absolute atomic E-state index is 0.154. The molecule has 6 nitrogen and oxygen atoms in total. The van der Waals surface area contributed by atoms with E-state index in [2.05, 4.69) is 17.6 Å². The smallest absolute Gasteiger partial charge is 0.266 e. The lowest BCUT2D eigenvalue weighted by atomic mass is 10.2. The second-order valence-electron chi connectivity index (χ2n) is 5.21. The Morgan fingerprint density at radius 2 is 1.54 bits per heavy atom. The molecule has 0 amide bonds. The van der Waals surface area contributed by atoms with Crippen LogP contribution in [-0.2, 0) is 0 Å². The summed E-state index contributed by atoms with van der Waals surface area (Å²) >= 11 is 16.8. The van der Waals surface area contributed by atoms with Gasteiger partial charge in [0.25, 0.3) is 5.56 Å². The fraction of sp³-hybridized carbons (Fsp3) is 0.176. The third kappa shape index (κ3) is 3.06. The molecule has 0 bridgehead atoms. The summed E-state index contributed by atoms with van der Waals surface area (Å²) in [5, 5.41) is 1.04. The van der Waals surface area contributed by atoms with E-state index in [1.165, 1.54) is 32.0 Å². The van der Waals surface area contributed by atoms with Crippen molar-refractivity contribution < 1.29 is 14.2 Å². The molecule has 0 unspecified atom stereocenters. The van der Waals surface area contributed by atoms with Crippen LogP contribution in [0.25, 0.3) is 16.6 Å². The molecule has 1 heterocycles. The number of thiol groups is 1. The third-order valence-electron chi connectivity index (χ3n) is 3.82. The molecule has 0 aliphatic rings. The molecular formula is C17H14Cl2N2O4S. The monoisotopic (exact) mass is 412 g/mol. The quantitative estimate of drug-likeness (QED) is 0.518. The molecule has 3 aromatic rings. The van der Waals surface area contributed by atoms with E-state index in [4.69, 9.17) is 37.4 Å². The summed E-state index contributed by atoms with van der Waals surface area (Å²) in [7, 11) is 4.47. The number of methoxy groups -OCH3 is 3. The van der Waals surface area contributed by atoms with E-state index in [1.54, 1.807) is 18.2 Å². The summed E-state index contributed by atoms with van der Waals surface area (Å²) in [6.07, 6.45) is 0. The number of hydrogen-bond donors (Lipinski definition) is 1. The number of fused-ring (bicyclic) bond motifs is 1. The molecule has 0 spiro atoms. The van der Waals surface area contributed by atoms with Gasteiger partial charge in [0.15, 0.2) is 16.7 Å². The van der Waals surface area contributed by atoms with Gasteiger partial charge in [0, 0.05) is 18.2 Å². The maximum Gasteiger partial charge on any atom is 0.266 e. The Balaban J connectivity index is 2.34. The largest absolute Gasteiger partial charge is 0.495 e. The van der Waals surface area contributed by atoms with Crippen molar-refractivity contribution in [3.63, 3.8) is 0 Å². The van der Waals surface area contributed by atoms with Gasteiger partial charge < -0.3 is 14.2 Å². The average molecular weight is 413 g/mol. The van der Waals surface area contributed by atoms with E-state index >= 15 is 0 Å². The van der Waals surface area contributed by atoms with Gasteiger partial charge in [-0.1, -0.05) is 23.2 Å². The average Bonchev–Trinajstić information content (AvgIpc) is 2.62. The molecule has 3 rings (SSSR count). The Morgan fingerprint density at radius 1 is 0.923 bits per heavy atom. The van der Waals surface area contributed by atoms with E-state index in [9.17, 15) is 4.79 Å². The lowest BCUT2D eigenvalue weighted by Gasteiger charge is -2.15. The fourth-order valence-corrected chi connectivity index (χ4v) is 3.35. The molecule has 26 heavy (non-hydrogen) atoms. The van der Waals surface area contributed by atoms with Crippen LogP contribution in [0.3, 0.4) is 0 Å². The van der Waals surface area contributed by atoms with Crippen LogP contribution in [-0.4, -0.2) is 30.9 Å². The van der Waals surface area contributed by atoms with Crippen molar-refractivity contribution in [3.8, 4) is 22.9 Å². The zero-order chi connectivity index (χ0) is 19.0. The number of rotatable bonds is 4. The van der Waals surface area contributed by atoms with Crippen molar-refractivity contribution in [2.75, 3.05) is 21.3 Å². The van der Waals surface area contributed by atoms with Crippen LogP contribution in [0.1, 0.15) is 0 Å². The zero-order valence-corrected chi connectivity index (χ0v) is 16.4. The molecule has 0 radical (unpaired) electrons. The highest BCUT2D eigenvalue weighted by Crippen LogP contribution is 2.36. The van der Waals surface area contributed by atoms with Gasteiger partial charge in [-0.2, -0.15) is 0 Å². The maximum atomic E-state index is 13.1. The van der Waals surface area contributed by atoms with Crippen molar-refractivity contribution in [2.24, 2.45) is 0 Å². The Labute approximate surface area is 164 Å². The van der Waals surface area contributed by atoms with Crippen molar-refractivity contribution in [1.82, 2.24) is 9.55 Å². The van der Waals surface area contributed by atoms with Gasteiger partial charge in [-0.15, -0.1) is 12.6 Å². The van der Waals surface area contributed by atoms with Crippen molar-refractivity contribution in [2.45, 2.75) is 5.16 Å². The molecule has 0 N–H and O–H groups in total. The van der Waals surface area contributed by atoms with Gasteiger partial charge in [0.2, 0.25) is 0 Å². The van der Waals surface area contributed by atoms with Crippen molar-refractivity contribution in [1.29, 1.82) is 0 Å². The summed E-state index contributed by atoms with van der Waals surface area (Å²) in [4.78, 5) is 17.4. The lowest BCUT2D eigenvalue weighted by molar-refractivity contribution is 0.355. The Bertz CT molecular complexity index is 1070. The molecule has 0 fully saturated rings. The second-order valence-corrected chi connectivity index (χ2v) is 6.43. The number of benzene rings is 2. The van der Waals surface area contributed by atoms with Crippen LogP contribution < -0.4 is 19.8 Å². The fourth-order valence-electron chi connectivity index (χ4n) is 2.56. The highest BCUT2D eigenvalue weighted by molar-refractivity contribution is 7.80. The van der Waals surface area contributed by atoms with Crippen LogP contribution in [0.2, 0.25) is 10.0 Å². The van der Waals surface area contributed by atoms with E-state index < -0.39 is 0 Å². The molecule has 0 saturated carbocycles. The summed E-state index contributed by atoms with van der Waals surface area (Å²) in [6, 6.07) is 6.23. The van der Waals surface area contributed by atoms with E-state index in [0.717, 1.165) is 0 Å². The van der Waals surface area contributed by atoms with Crippen molar-refractivity contribution in [3.05, 3.63) is 44.7 Å². The Morgan fingerprint density at radius 3 is 2.15 bits per heavy atom. The normalized spacial score (nSPS) is 10.8. The predicted molar refractivity (Wildman–Crippen MR) is 104 cm³/mol. The summed E-state index contributed by atoms with van der Waals surface area (Å²) in [6.45, 7) is 0. The first-order valence-corrected chi connectivity index (χ1v) is 8.52. The maximum absolute atomic E-state index is 13.1. The topological polar surface area (TPSA) is 62.6 Å². The van der Waals surface area contributed by atoms with E-state index in [0.29, 0.717) is 38.9 Å². The molecule has 1 aromatic heterocycles. The van der Waals surface area contributed by atoms with E-state index in [-0.39, 0.29) is 15.7 Å². The van der Waals surface area contributed by atoms with Gasteiger partial charge in [-0.05, 0) is 6.07 Å². The number of aromatic nitrogens is 2. The SMILES string of the molecule is COc1cc2nc(S)n(-c3cc(OC)c(OC)cc3Cl)c(=O)c2cc1Cl. The van der Waals surface area contributed by atoms with Crippen LogP contribution in [0.4, 0.5) is 0 Å². The second kappa shape index (κ2) is 7.26. The zero-order valence-electron chi connectivity index (χ0n) is 14.0. The van der Waals surface area contributed by atoms with Gasteiger partial charge in [-0.3, -0.25) is 9.36 Å². The molecule has 2 aromatic carbocycles. The number of hydrogen-bond acceptors (Lipinski definition) is 6. The van der Waals surface area contributed by atoms with Gasteiger partial charge in [0.05, 0.1) is 48.0 Å². The third-order valence-corrected chi connectivity index (χ3v) is 4.72. The van der Waals surface area contributed by atoms with Crippen LogP contribution in [0.15, 0.2) is 34.2 Å². The Kier molecular flexibility index (Phi) is 5.22. The molecule has 9 heteroatoms. The number of nitrogens with zero attached hydrogens (tertiary/aromatic N) is 2. The molecule has 0 atom stereocenters. The standard InChI is InChI=1S/C17H14Cl2N2O4S/c1-23-13-6-11-8(4-10(13)19)16(22)21(17(26)20-11)12-7-15(25-3)14(24-2)5-9(12)18/h4-7H,1-3H3,(H,20,26). The van der Waals surface area contributed by atoms with Crippen LogP contribution >= 0.6 is 35.8 Å². The minimum atomic E-state index is -0.376. The van der Waals surface area contributed by atoms with Crippen LogP contribution in [0.5, 0.6) is 17.2 Å². The summed E-state index contributed by atoms with van der Waals surface area (Å²) in [5.74, 6) is 1.27. The lowest BCUT2D eigenvalue weighted by Crippen LogP contribution is -2.21. The van der Waals surface area contributed by atoms with Crippen molar-refractivity contribution >= 4 is 46.7 Å². The summed E-state index contributed by atoms with van der Waals surface area (Å²) in [5.41, 5.74) is 0.397. The van der Waals surface area contributed by atoms with Gasteiger partial charge >= 0.3 is 0 Å².